The number of aromatic nitrogens is 2. The summed E-state index contributed by atoms with van der Waals surface area (Å²) < 4.78 is 5.95. The van der Waals surface area contributed by atoms with E-state index in [-0.39, 0.29) is 18.1 Å². The third-order valence-corrected chi connectivity index (χ3v) is 5.93. The van der Waals surface area contributed by atoms with Crippen molar-refractivity contribution >= 4 is 6.03 Å². The van der Waals surface area contributed by atoms with Crippen molar-refractivity contribution in [2.45, 2.75) is 44.4 Å². The Balaban J connectivity index is 1.24. The smallest absolute Gasteiger partial charge is 0.345 e. The zero-order valence-electron chi connectivity index (χ0n) is 15.8. The summed E-state index contributed by atoms with van der Waals surface area (Å²) in [5.41, 5.74) is 1.05. The highest BCUT2D eigenvalue weighted by Gasteiger charge is 2.47. The van der Waals surface area contributed by atoms with Crippen LogP contribution in [0.25, 0.3) is 0 Å². The van der Waals surface area contributed by atoms with E-state index in [1.165, 1.54) is 5.06 Å². The largest absolute Gasteiger partial charge is 0.423 e. The van der Waals surface area contributed by atoms with Crippen LogP contribution in [0.1, 0.15) is 42.6 Å². The Bertz CT molecular complexity index is 820. The molecule has 0 aliphatic carbocycles. The number of hydrogen-bond acceptors (Lipinski definition) is 6. The average molecular weight is 383 g/mol. The Morgan fingerprint density at radius 2 is 2.07 bits per heavy atom. The Hall–Kier alpha value is -2.45. The maximum atomic E-state index is 12.9. The number of benzene rings is 1. The number of rotatable bonds is 6. The molecule has 3 aliphatic rings. The molecule has 8 nitrogen and oxygen atoms in total. The molecule has 28 heavy (non-hydrogen) atoms. The summed E-state index contributed by atoms with van der Waals surface area (Å²) in [6.45, 7) is 3.09. The minimum Gasteiger partial charge on any atom is -0.423 e. The number of nitrogens with zero attached hydrogens (tertiary/aromatic N) is 4. The van der Waals surface area contributed by atoms with E-state index in [0.717, 1.165) is 44.3 Å². The summed E-state index contributed by atoms with van der Waals surface area (Å²) in [6.07, 6.45) is 3.62. The predicted octanol–water partition coefficient (Wildman–Crippen LogP) is 2.29. The average Bonchev–Trinajstić information content (AvgIpc) is 3.45. The van der Waals surface area contributed by atoms with E-state index < -0.39 is 0 Å². The quantitative estimate of drug-likeness (QED) is 0.824. The molecule has 2 aromatic rings. The van der Waals surface area contributed by atoms with Crippen molar-refractivity contribution in [1.82, 2.24) is 25.5 Å². The SMILES string of the molecule is O=C1N2C[C@@H](CC[C@H]2c2nnc(CC3CCNC3)o2)N1OCc1ccccc1. The van der Waals surface area contributed by atoms with E-state index in [1.54, 1.807) is 0 Å². The fraction of sp³-hybridized carbons (Fsp3) is 0.550. The van der Waals surface area contributed by atoms with E-state index in [2.05, 4.69) is 15.5 Å². The van der Waals surface area contributed by atoms with Gasteiger partial charge in [0, 0.05) is 13.0 Å². The highest BCUT2D eigenvalue weighted by Crippen LogP contribution is 2.38. The lowest BCUT2D eigenvalue weighted by Crippen LogP contribution is -2.34. The third kappa shape index (κ3) is 3.38. The first-order chi connectivity index (χ1) is 13.8. The molecule has 0 saturated carbocycles. The van der Waals surface area contributed by atoms with Gasteiger partial charge in [-0.05, 0) is 43.8 Å². The molecule has 1 N–H and O–H groups in total. The highest BCUT2D eigenvalue weighted by atomic mass is 16.7. The minimum atomic E-state index is -0.156. The summed E-state index contributed by atoms with van der Waals surface area (Å²) in [6, 6.07) is 9.72. The van der Waals surface area contributed by atoms with Gasteiger partial charge >= 0.3 is 6.03 Å². The van der Waals surface area contributed by atoms with Crippen LogP contribution in [0.5, 0.6) is 0 Å². The summed E-state index contributed by atoms with van der Waals surface area (Å²) in [4.78, 5) is 20.6. The molecule has 148 valence electrons. The van der Waals surface area contributed by atoms with Crippen LogP contribution in [0.2, 0.25) is 0 Å². The normalized spacial score (nSPS) is 27.0. The second-order valence-electron chi connectivity index (χ2n) is 7.86. The van der Waals surface area contributed by atoms with Crippen molar-refractivity contribution in [3.63, 3.8) is 0 Å². The molecular formula is C20H25N5O3. The lowest BCUT2D eigenvalue weighted by atomic mass is 10.0. The van der Waals surface area contributed by atoms with Crippen LogP contribution in [-0.4, -0.2) is 51.9 Å². The van der Waals surface area contributed by atoms with E-state index in [0.29, 0.717) is 30.9 Å². The van der Waals surface area contributed by atoms with Gasteiger partial charge in [-0.3, -0.25) is 4.84 Å². The number of hydroxylamine groups is 2. The van der Waals surface area contributed by atoms with Crippen LogP contribution in [0.15, 0.2) is 34.7 Å². The van der Waals surface area contributed by atoms with Crippen LogP contribution in [-0.2, 0) is 17.9 Å². The molecule has 8 heteroatoms. The standard InChI is InChI=1S/C20H25N5O3/c26-20-24-12-16(25(20)27-13-14-4-2-1-3-5-14)6-7-17(24)19-23-22-18(28-19)10-15-8-9-21-11-15/h1-5,15-17,21H,6-13H2/t15?,16-,17+/m1/s1. The van der Waals surface area contributed by atoms with Crippen molar-refractivity contribution in [2.24, 2.45) is 5.92 Å². The van der Waals surface area contributed by atoms with Gasteiger partial charge in [-0.15, -0.1) is 10.2 Å². The molecular weight excluding hydrogens is 358 g/mol. The van der Waals surface area contributed by atoms with Crippen molar-refractivity contribution in [1.29, 1.82) is 0 Å². The molecule has 0 spiro atoms. The molecule has 3 saturated heterocycles. The van der Waals surface area contributed by atoms with Gasteiger partial charge in [0.05, 0.1) is 6.04 Å². The molecule has 0 radical (unpaired) electrons. The molecule has 1 aromatic heterocycles. The Morgan fingerprint density at radius 3 is 2.89 bits per heavy atom. The number of urea groups is 1. The second-order valence-corrected chi connectivity index (χ2v) is 7.86. The van der Waals surface area contributed by atoms with Crippen molar-refractivity contribution in [3.05, 3.63) is 47.7 Å². The molecule has 3 atom stereocenters. The first-order valence-electron chi connectivity index (χ1n) is 10.1. The molecule has 3 fully saturated rings. The number of fused-ring (bicyclic) bond motifs is 2. The second kappa shape index (κ2) is 7.52. The van der Waals surface area contributed by atoms with Gasteiger partial charge < -0.3 is 14.6 Å². The fourth-order valence-corrected chi connectivity index (χ4v) is 4.39. The number of amides is 2. The van der Waals surface area contributed by atoms with Gasteiger partial charge in [0.2, 0.25) is 11.8 Å². The number of hydrogen-bond donors (Lipinski definition) is 1. The fourth-order valence-electron chi connectivity index (χ4n) is 4.39. The predicted molar refractivity (Wildman–Crippen MR) is 99.9 cm³/mol. The summed E-state index contributed by atoms with van der Waals surface area (Å²) >= 11 is 0. The molecule has 2 bridgehead atoms. The third-order valence-electron chi connectivity index (χ3n) is 5.93. The van der Waals surface area contributed by atoms with E-state index in [1.807, 2.05) is 35.2 Å². The van der Waals surface area contributed by atoms with E-state index in [9.17, 15) is 4.79 Å². The first-order valence-corrected chi connectivity index (χ1v) is 10.1. The van der Waals surface area contributed by atoms with E-state index >= 15 is 0 Å². The van der Waals surface area contributed by atoms with Crippen LogP contribution in [0, 0.1) is 5.92 Å². The maximum Gasteiger partial charge on any atom is 0.345 e. The van der Waals surface area contributed by atoms with Crippen molar-refractivity contribution < 1.29 is 14.0 Å². The zero-order chi connectivity index (χ0) is 18.9. The number of carbonyl (C=O) groups is 1. The topological polar surface area (TPSA) is 83.7 Å². The summed E-state index contributed by atoms with van der Waals surface area (Å²) in [7, 11) is 0. The van der Waals surface area contributed by atoms with Crippen molar-refractivity contribution in [2.75, 3.05) is 19.6 Å². The Morgan fingerprint density at radius 1 is 1.18 bits per heavy atom. The van der Waals surface area contributed by atoms with Crippen LogP contribution < -0.4 is 5.32 Å². The van der Waals surface area contributed by atoms with Gasteiger partial charge in [0.1, 0.15) is 12.6 Å². The van der Waals surface area contributed by atoms with Gasteiger partial charge in [0.25, 0.3) is 0 Å². The Kier molecular flexibility index (Phi) is 4.74. The van der Waals surface area contributed by atoms with Crippen LogP contribution in [0.4, 0.5) is 4.79 Å². The van der Waals surface area contributed by atoms with Crippen molar-refractivity contribution in [3.8, 4) is 0 Å². The van der Waals surface area contributed by atoms with Gasteiger partial charge in [-0.2, -0.15) is 5.06 Å². The number of piperidine rings is 1. The van der Waals surface area contributed by atoms with Crippen LogP contribution in [0.3, 0.4) is 0 Å². The molecule has 1 aromatic carbocycles. The maximum absolute atomic E-state index is 12.9. The summed E-state index contributed by atoms with van der Waals surface area (Å²) in [5, 5.41) is 13.4. The molecule has 5 rings (SSSR count). The lowest BCUT2D eigenvalue weighted by molar-refractivity contribution is -0.140. The lowest BCUT2D eigenvalue weighted by Gasteiger charge is -2.27. The number of nitrogens with one attached hydrogen (secondary N) is 1. The monoisotopic (exact) mass is 383 g/mol. The van der Waals surface area contributed by atoms with E-state index in [4.69, 9.17) is 9.25 Å². The first kappa shape index (κ1) is 17.6. The van der Waals surface area contributed by atoms with Gasteiger partial charge in [-0.1, -0.05) is 30.3 Å². The molecule has 4 heterocycles. The number of carbonyl (C=O) groups excluding carboxylic acids is 1. The molecule has 1 unspecified atom stereocenters. The Labute approximate surface area is 163 Å². The van der Waals surface area contributed by atoms with Gasteiger partial charge in [-0.25, -0.2) is 4.79 Å². The zero-order valence-corrected chi connectivity index (χ0v) is 15.8. The molecule has 2 amide bonds. The minimum absolute atomic E-state index is 0.0828. The van der Waals surface area contributed by atoms with Crippen LogP contribution >= 0.6 is 0 Å². The molecule has 3 aliphatic heterocycles. The van der Waals surface area contributed by atoms with Gasteiger partial charge in [0.15, 0.2) is 0 Å². The summed E-state index contributed by atoms with van der Waals surface area (Å²) in [5.74, 6) is 1.78. The highest BCUT2D eigenvalue weighted by molar-refractivity contribution is 5.77.